The second-order valence-electron chi connectivity index (χ2n) is 3.33. The molecule has 15 heavy (non-hydrogen) atoms. The highest BCUT2D eigenvalue weighted by Gasteiger charge is 2.08. The molecule has 5 heteroatoms. The quantitative estimate of drug-likeness (QED) is 0.864. The Morgan fingerprint density at radius 2 is 2.40 bits per heavy atom. The lowest BCUT2D eigenvalue weighted by Gasteiger charge is -2.08. The number of rotatable bonds is 4. The molecule has 0 bridgehead atoms. The van der Waals surface area contributed by atoms with Crippen LogP contribution in [0.2, 0.25) is 0 Å². The second-order valence-corrected chi connectivity index (χ2v) is 4.60. The predicted molar refractivity (Wildman–Crippen MR) is 58.6 cm³/mol. The fourth-order valence-corrected chi connectivity index (χ4v) is 1.95. The zero-order chi connectivity index (χ0) is 10.7. The number of nitrogens with zero attached hydrogens (tertiary/aromatic N) is 2. The van der Waals surface area contributed by atoms with E-state index < -0.39 is 0 Å². The third kappa shape index (κ3) is 2.64. The number of hydrogen-bond donors (Lipinski definition) is 1. The van der Waals surface area contributed by atoms with Crippen LogP contribution in [0.15, 0.2) is 22.8 Å². The highest BCUT2D eigenvalue weighted by atomic mass is 32.1. The van der Waals surface area contributed by atoms with E-state index in [1.165, 1.54) is 0 Å². The van der Waals surface area contributed by atoms with Gasteiger partial charge in [0.2, 0.25) is 0 Å². The number of hydrogen-bond acceptors (Lipinski definition) is 5. The molecule has 0 spiro atoms. The Balaban J connectivity index is 1.88. The number of furan rings is 1. The number of aromatic nitrogens is 2. The largest absolute Gasteiger partial charge is 0.468 e. The van der Waals surface area contributed by atoms with Crippen LogP contribution >= 0.6 is 11.3 Å². The molecule has 0 aromatic carbocycles. The van der Waals surface area contributed by atoms with E-state index in [0.717, 1.165) is 22.3 Å². The van der Waals surface area contributed by atoms with Crippen molar-refractivity contribution in [1.29, 1.82) is 0 Å². The van der Waals surface area contributed by atoms with Crippen LogP contribution in [0.3, 0.4) is 0 Å². The first kappa shape index (κ1) is 10.3. The Labute approximate surface area is 92.3 Å². The minimum Gasteiger partial charge on any atom is -0.468 e. The van der Waals surface area contributed by atoms with Gasteiger partial charge >= 0.3 is 0 Å². The Hall–Kier alpha value is -1.20. The summed E-state index contributed by atoms with van der Waals surface area (Å²) < 4.78 is 5.29. The Kier molecular flexibility index (Phi) is 3.13. The molecule has 0 aliphatic carbocycles. The highest BCUT2D eigenvalue weighted by Crippen LogP contribution is 2.14. The lowest BCUT2D eigenvalue weighted by Crippen LogP contribution is -2.17. The Morgan fingerprint density at radius 1 is 1.53 bits per heavy atom. The van der Waals surface area contributed by atoms with E-state index in [1.807, 2.05) is 19.1 Å². The summed E-state index contributed by atoms with van der Waals surface area (Å²) in [6.07, 6.45) is 1.68. The maximum atomic E-state index is 5.29. The third-order valence-electron chi connectivity index (χ3n) is 2.10. The van der Waals surface area contributed by atoms with Crippen molar-refractivity contribution in [2.45, 2.75) is 26.4 Å². The molecular weight excluding hydrogens is 210 g/mol. The van der Waals surface area contributed by atoms with Crippen LogP contribution in [-0.4, -0.2) is 10.2 Å². The molecule has 80 valence electrons. The van der Waals surface area contributed by atoms with Crippen LogP contribution in [0.25, 0.3) is 0 Å². The molecule has 1 unspecified atom stereocenters. The molecule has 0 saturated carbocycles. The number of aryl methyl sites for hydroxylation is 1. The van der Waals surface area contributed by atoms with Crippen LogP contribution in [0.4, 0.5) is 0 Å². The normalized spacial score (nSPS) is 12.9. The molecule has 4 nitrogen and oxygen atoms in total. The van der Waals surface area contributed by atoms with Gasteiger partial charge in [-0.3, -0.25) is 0 Å². The minimum atomic E-state index is 0.198. The van der Waals surface area contributed by atoms with Gasteiger partial charge in [-0.1, -0.05) is 0 Å². The zero-order valence-corrected chi connectivity index (χ0v) is 9.54. The summed E-state index contributed by atoms with van der Waals surface area (Å²) in [5.74, 6) is 0.941. The summed E-state index contributed by atoms with van der Waals surface area (Å²) in [5, 5.41) is 13.3. The molecule has 0 saturated heterocycles. The van der Waals surface area contributed by atoms with Crippen molar-refractivity contribution in [1.82, 2.24) is 15.5 Å². The Bertz CT molecular complexity index is 410. The van der Waals surface area contributed by atoms with Crippen molar-refractivity contribution in [2.24, 2.45) is 0 Å². The predicted octanol–water partition coefficient (Wildman–Crippen LogP) is 2.29. The lowest BCUT2D eigenvalue weighted by molar-refractivity contribution is 0.429. The molecule has 0 amide bonds. The summed E-state index contributed by atoms with van der Waals surface area (Å²) in [4.78, 5) is 0. The van der Waals surface area contributed by atoms with Gasteiger partial charge in [0, 0.05) is 0 Å². The van der Waals surface area contributed by atoms with Crippen molar-refractivity contribution in [3.63, 3.8) is 0 Å². The van der Waals surface area contributed by atoms with E-state index in [4.69, 9.17) is 4.42 Å². The molecule has 2 aromatic heterocycles. The molecule has 2 heterocycles. The van der Waals surface area contributed by atoms with Crippen LogP contribution in [0.5, 0.6) is 0 Å². The smallest absolute Gasteiger partial charge is 0.131 e. The van der Waals surface area contributed by atoms with Crippen molar-refractivity contribution < 1.29 is 4.42 Å². The third-order valence-corrected chi connectivity index (χ3v) is 2.94. The molecule has 2 rings (SSSR count). The first-order valence-corrected chi connectivity index (χ1v) is 5.63. The van der Waals surface area contributed by atoms with Gasteiger partial charge in [0.05, 0.1) is 18.8 Å². The van der Waals surface area contributed by atoms with Gasteiger partial charge in [0.1, 0.15) is 15.8 Å². The van der Waals surface area contributed by atoms with Crippen molar-refractivity contribution in [3.8, 4) is 0 Å². The van der Waals surface area contributed by atoms with Gasteiger partial charge in [0.25, 0.3) is 0 Å². The van der Waals surface area contributed by atoms with E-state index in [1.54, 1.807) is 17.6 Å². The fraction of sp³-hybridized carbons (Fsp3) is 0.400. The summed E-state index contributed by atoms with van der Waals surface area (Å²) in [7, 11) is 0. The second kappa shape index (κ2) is 4.55. The van der Waals surface area contributed by atoms with Gasteiger partial charge < -0.3 is 9.73 Å². The first-order chi connectivity index (χ1) is 7.25. The summed E-state index contributed by atoms with van der Waals surface area (Å²) in [6, 6.07) is 4.05. The van der Waals surface area contributed by atoms with Crippen LogP contribution in [0.1, 0.15) is 28.7 Å². The number of nitrogens with one attached hydrogen (secondary N) is 1. The first-order valence-electron chi connectivity index (χ1n) is 4.81. The van der Waals surface area contributed by atoms with E-state index in [0.29, 0.717) is 0 Å². The molecule has 1 atom stereocenters. The topological polar surface area (TPSA) is 51.0 Å². The SMILES string of the molecule is Cc1nnc(CNC(C)c2ccco2)s1. The monoisotopic (exact) mass is 223 g/mol. The highest BCUT2D eigenvalue weighted by molar-refractivity contribution is 7.11. The minimum absolute atomic E-state index is 0.198. The standard InChI is InChI=1S/C10H13N3OS/c1-7(9-4-3-5-14-9)11-6-10-13-12-8(2)15-10/h3-5,7,11H,6H2,1-2H3. The lowest BCUT2D eigenvalue weighted by atomic mass is 10.2. The van der Waals surface area contributed by atoms with Crippen molar-refractivity contribution in [2.75, 3.05) is 0 Å². The molecular formula is C10H13N3OS. The van der Waals surface area contributed by atoms with Crippen LogP contribution < -0.4 is 5.32 Å². The van der Waals surface area contributed by atoms with Gasteiger partial charge in [-0.25, -0.2) is 0 Å². The molecule has 0 radical (unpaired) electrons. The summed E-state index contributed by atoms with van der Waals surface area (Å²) >= 11 is 1.61. The summed E-state index contributed by atoms with van der Waals surface area (Å²) in [6.45, 7) is 4.75. The molecule has 0 aliphatic rings. The van der Waals surface area contributed by atoms with Gasteiger partial charge in [-0.05, 0) is 26.0 Å². The zero-order valence-electron chi connectivity index (χ0n) is 8.73. The van der Waals surface area contributed by atoms with Crippen LogP contribution in [0, 0.1) is 6.92 Å². The van der Waals surface area contributed by atoms with E-state index in [-0.39, 0.29) is 6.04 Å². The van der Waals surface area contributed by atoms with Gasteiger partial charge in [-0.2, -0.15) is 0 Å². The maximum absolute atomic E-state index is 5.29. The average molecular weight is 223 g/mol. The van der Waals surface area contributed by atoms with Gasteiger partial charge in [-0.15, -0.1) is 21.5 Å². The molecule has 0 fully saturated rings. The van der Waals surface area contributed by atoms with E-state index in [9.17, 15) is 0 Å². The maximum Gasteiger partial charge on any atom is 0.131 e. The van der Waals surface area contributed by atoms with E-state index >= 15 is 0 Å². The molecule has 1 N–H and O–H groups in total. The summed E-state index contributed by atoms with van der Waals surface area (Å²) in [5.41, 5.74) is 0. The average Bonchev–Trinajstić information content (AvgIpc) is 2.84. The molecule has 0 aliphatic heterocycles. The Morgan fingerprint density at radius 3 is 3.00 bits per heavy atom. The van der Waals surface area contributed by atoms with E-state index in [2.05, 4.69) is 22.4 Å². The fourth-order valence-electron chi connectivity index (χ4n) is 1.29. The molecule has 2 aromatic rings. The van der Waals surface area contributed by atoms with Crippen LogP contribution in [-0.2, 0) is 6.54 Å². The van der Waals surface area contributed by atoms with Crippen molar-refractivity contribution in [3.05, 3.63) is 34.2 Å². The van der Waals surface area contributed by atoms with Crippen molar-refractivity contribution >= 4 is 11.3 Å². The van der Waals surface area contributed by atoms with Gasteiger partial charge in [0.15, 0.2) is 0 Å².